The minimum Gasteiger partial charge on any atom is -0.481 e. The lowest BCUT2D eigenvalue weighted by atomic mass is 10.0. The number of hydrogen-bond acceptors (Lipinski definition) is 9. The summed E-state index contributed by atoms with van der Waals surface area (Å²) in [6, 6.07) is -4.78. The van der Waals surface area contributed by atoms with Crippen molar-refractivity contribution >= 4 is 35.8 Å². The van der Waals surface area contributed by atoms with Gasteiger partial charge in [0.25, 0.3) is 0 Å². The number of aliphatic carboxylic acids is 3. The molecule has 42 heavy (non-hydrogen) atoms. The Labute approximate surface area is 240 Å². The monoisotopic (exact) mass is 600 g/mol. The smallest absolute Gasteiger partial charge is 0.330 e. The van der Waals surface area contributed by atoms with Gasteiger partial charge < -0.3 is 25.7 Å². The molecule has 0 radical (unpaired) electrons. The quantitative estimate of drug-likeness (QED) is 0.128. The average Bonchev–Trinajstić information content (AvgIpc) is 3.37. The van der Waals surface area contributed by atoms with Crippen molar-refractivity contribution in [2.24, 2.45) is 0 Å². The maximum Gasteiger partial charge on any atom is 0.330 e. The van der Waals surface area contributed by atoms with Crippen LogP contribution in [-0.2, 0) is 36.9 Å². The number of imide groups is 1. The summed E-state index contributed by atoms with van der Waals surface area (Å²) in [6.07, 6.45) is 0.738. The Morgan fingerprint density at radius 3 is 2.33 bits per heavy atom. The summed E-state index contributed by atoms with van der Waals surface area (Å²) in [7, 11) is 0. The number of unbranched alkanes of at least 4 members (excludes halogenated alkanes) is 2. The molecule has 16 nitrogen and oxygen atoms in total. The topological polar surface area (TPSA) is 233 Å². The maximum absolute atomic E-state index is 13.0. The Hall–Kier alpha value is -4.15. The van der Waals surface area contributed by atoms with Crippen molar-refractivity contribution in [1.29, 1.82) is 0 Å². The third-order valence-electron chi connectivity index (χ3n) is 6.64. The Morgan fingerprint density at radius 1 is 0.976 bits per heavy atom. The van der Waals surface area contributed by atoms with Crippen molar-refractivity contribution < 1.29 is 53.6 Å². The van der Waals surface area contributed by atoms with E-state index in [0.717, 1.165) is 0 Å². The molecule has 0 spiro atoms. The predicted octanol–water partition coefficient (Wildman–Crippen LogP) is 0.381. The molecule has 17 heteroatoms. The third-order valence-corrected chi connectivity index (χ3v) is 6.64. The van der Waals surface area contributed by atoms with E-state index in [4.69, 9.17) is 5.11 Å². The number of nitrogens with zero attached hydrogens (tertiary/aromatic N) is 5. The van der Waals surface area contributed by atoms with Crippen molar-refractivity contribution in [2.45, 2.75) is 95.5 Å². The van der Waals surface area contributed by atoms with Crippen molar-refractivity contribution in [2.75, 3.05) is 13.2 Å². The van der Waals surface area contributed by atoms with Crippen molar-refractivity contribution in [3.8, 4) is 0 Å². The number of aliphatic hydroxyl groups excluding tert-OH is 1. The zero-order valence-electron chi connectivity index (χ0n) is 23.1. The van der Waals surface area contributed by atoms with Gasteiger partial charge in [-0.2, -0.15) is 0 Å². The number of carboxylic acids is 3. The molecule has 5 N–H and O–H groups in total. The van der Waals surface area contributed by atoms with Gasteiger partial charge in [0.2, 0.25) is 11.8 Å². The molecule has 1 aliphatic heterocycles. The van der Waals surface area contributed by atoms with E-state index in [1.807, 2.05) is 0 Å². The third kappa shape index (κ3) is 10.4. The lowest BCUT2D eigenvalue weighted by Crippen LogP contribution is -2.65. The van der Waals surface area contributed by atoms with Crippen LogP contribution in [0.1, 0.15) is 69.9 Å². The number of amides is 4. The average molecular weight is 601 g/mol. The maximum atomic E-state index is 13.0. The van der Waals surface area contributed by atoms with Gasteiger partial charge in [-0.25, -0.2) is 19.3 Å². The van der Waals surface area contributed by atoms with Crippen LogP contribution in [0, 0.1) is 0 Å². The number of aromatic nitrogens is 3. The molecule has 3 unspecified atom stereocenters. The van der Waals surface area contributed by atoms with Gasteiger partial charge in [-0.05, 0) is 51.4 Å². The highest BCUT2D eigenvalue weighted by molar-refractivity contribution is 6.02. The minimum atomic E-state index is -1.85. The number of rotatable bonds is 20. The van der Waals surface area contributed by atoms with Crippen LogP contribution in [0.4, 0.5) is 9.18 Å². The summed E-state index contributed by atoms with van der Waals surface area (Å²) in [5.41, 5.74) is 0.709. The van der Waals surface area contributed by atoms with E-state index in [2.05, 4.69) is 15.6 Å². The molecule has 1 fully saturated rings. The fraction of sp³-hybridized carbons (Fsp3) is 0.680. The van der Waals surface area contributed by atoms with Gasteiger partial charge in [0.05, 0.1) is 18.8 Å². The first kappa shape index (κ1) is 34.1. The van der Waals surface area contributed by atoms with Gasteiger partial charge >= 0.3 is 23.9 Å². The second-order valence-corrected chi connectivity index (χ2v) is 9.85. The van der Waals surface area contributed by atoms with Crippen molar-refractivity contribution in [1.82, 2.24) is 30.1 Å². The lowest BCUT2D eigenvalue weighted by Gasteiger charge is -2.42. The number of hydrogen-bond donors (Lipinski definition) is 5. The SMILES string of the molecule is O=C(O)CCC(C(=O)O)N1C(=O)CC(O)N(C(CCCCNC(=O)CCCCn2cc(CCCF)nn2)C(=O)O)C1=O. The summed E-state index contributed by atoms with van der Waals surface area (Å²) >= 11 is 0. The molecule has 1 aromatic heterocycles. The van der Waals surface area contributed by atoms with Gasteiger partial charge in [0, 0.05) is 32.1 Å². The van der Waals surface area contributed by atoms with Crippen LogP contribution in [0.25, 0.3) is 0 Å². The molecular formula is C25H37FN6O10. The molecule has 3 atom stereocenters. The standard InChI is InChI=1S/C25H37FN6O10/c26-11-5-6-16-15-30(29-28-16)13-4-2-8-19(33)27-12-3-1-7-17(23(38)39)31-20(34)14-21(35)32(25(31)42)18(24(40)41)9-10-22(36)37/h15,17-18,20,34H,1-14H2,(H,27,33)(H,36,37)(H,38,39)(H,40,41). The van der Waals surface area contributed by atoms with Crippen LogP contribution in [0.15, 0.2) is 6.20 Å². The number of aliphatic hydroxyl groups is 1. The van der Waals surface area contributed by atoms with Crippen LogP contribution in [0.2, 0.25) is 0 Å². The number of carbonyl (C=O) groups is 6. The second kappa shape index (κ2) is 17.0. The van der Waals surface area contributed by atoms with Crippen LogP contribution >= 0.6 is 0 Å². The highest BCUT2D eigenvalue weighted by Gasteiger charge is 2.47. The summed E-state index contributed by atoms with van der Waals surface area (Å²) < 4.78 is 13.9. The molecule has 2 heterocycles. The van der Waals surface area contributed by atoms with Gasteiger partial charge in [0.1, 0.15) is 18.3 Å². The van der Waals surface area contributed by atoms with Crippen LogP contribution in [0.3, 0.4) is 0 Å². The van der Waals surface area contributed by atoms with Crippen molar-refractivity contribution in [3.63, 3.8) is 0 Å². The predicted molar refractivity (Wildman–Crippen MR) is 139 cm³/mol. The van der Waals surface area contributed by atoms with E-state index < -0.39 is 74.1 Å². The number of halogens is 1. The molecule has 0 aromatic carbocycles. The van der Waals surface area contributed by atoms with Crippen LogP contribution in [-0.4, -0.2) is 113 Å². The first-order chi connectivity index (χ1) is 20.0. The molecule has 1 aliphatic rings. The fourth-order valence-corrected chi connectivity index (χ4v) is 4.51. The van der Waals surface area contributed by atoms with E-state index in [1.165, 1.54) is 0 Å². The molecule has 0 bridgehead atoms. The fourth-order valence-electron chi connectivity index (χ4n) is 4.51. The number of urea groups is 1. The Bertz CT molecular complexity index is 1120. The van der Waals surface area contributed by atoms with E-state index in [1.54, 1.807) is 10.9 Å². The Morgan fingerprint density at radius 2 is 1.69 bits per heavy atom. The molecule has 234 valence electrons. The summed E-state index contributed by atoms with van der Waals surface area (Å²) in [4.78, 5) is 72.9. The lowest BCUT2D eigenvalue weighted by molar-refractivity contribution is -0.160. The minimum absolute atomic E-state index is 0.159. The Balaban J connectivity index is 1.80. The molecular weight excluding hydrogens is 563 g/mol. The molecule has 0 aliphatic carbocycles. The first-order valence-corrected chi connectivity index (χ1v) is 13.7. The number of aryl methyl sites for hydroxylation is 2. The number of carboxylic acid groups (broad SMARTS) is 3. The zero-order chi connectivity index (χ0) is 31.2. The van der Waals surface area contributed by atoms with Crippen LogP contribution < -0.4 is 5.32 Å². The van der Waals surface area contributed by atoms with Gasteiger partial charge in [-0.1, -0.05) is 5.21 Å². The van der Waals surface area contributed by atoms with Gasteiger partial charge in [-0.15, -0.1) is 5.10 Å². The first-order valence-electron chi connectivity index (χ1n) is 13.7. The highest BCUT2D eigenvalue weighted by Crippen LogP contribution is 2.25. The molecule has 1 saturated heterocycles. The Kier molecular flexibility index (Phi) is 13.7. The molecule has 0 saturated carbocycles. The second-order valence-electron chi connectivity index (χ2n) is 9.85. The largest absolute Gasteiger partial charge is 0.481 e. The molecule has 2 rings (SSSR count). The number of nitrogens with one attached hydrogen (secondary N) is 1. The van der Waals surface area contributed by atoms with E-state index >= 15 is 0 Å². The summed E-state index contributed by atoms with van der Waals surface area (Å²) in [6.45, 7) is 0.365. The zero-order valence-corrected chi connectivity index (χ0v) is 23.1. The van der Waals surface area contributed by atoms with Gasteiger partial charge in [0.15, 0.2) is 0 Å². The van der Waals surface area contributed by atoms with E-state index in [0.29, 0.717) is 54.1 Å². The number of carbonyl (C=O) groups excluding carboxylic acids is 3. The van der Waals surface area contributed by atoms with Gasteiger partial charge in [-0.3, -0.25) is 28.4 Å². The van der Waals surface area contributed by atoms with Crippen LogP contribution in [0.5, 0.6) is 0 Å². The van der Waals surface area contributed by atoms with E-state index in [-0.39, 0.29) is 31.7 Å². The number of alkyl halides is 1. The molecule has 4 amide bonds. The van der Waals surface area contributed by atoms with Crippen molar-refractivity contribution in [3.05, 3.63) is 11.9 Å². The van der Waals surface area contributed by atoms with E-state index in [9.17, 15) is 48.5 Å². The summed E-state index contributed by atoms with van der Waals surface area (Å²) in [5, 5.41) is 49.1. The normalized spacial score (nSPS) is 16.8. The summed E-state index contributed by atoms with van der Waals surface area (Å²) in [5.74, 6) is -5.75. The highest BCUT2D eigenvalue weighted by atomic mass is 19.1. The molecule has 1 aromatic rings.